The summed E-state index contributed by atoms with van der Waals surface area (Å²) in [5.74, 6) is 1.85. The largest absolute Gasteiger partial charge is 0.492 e. The molecule has 6 heteroatoms. The van der Waals surface area contributed by atoms with Crippen LogP contribution in [0.2, 0.25) is 0 Å². The Hall–Kier alpha value is -2.57. The van der Waals surface area contributed by atoms with Crippen molar-refractivity contribution in [2.45, 2.75) is 12.8 Å². The molecule has 6 nitrogen and oxygen atoms in total. The van der Waals surface area contributed by atoms with Crippen LogP contribution in [0.3, 0.4) is 0 Å². The molecule has 2 heterocycles. The molecular weight excluding hydrogens is 344 g/mol. The van der Waals surface area contributed by atoms with Crippen LogP contribution in [-0.4, -0.2) is 47.8 Å². The monoisotopic (exact) mass is 368 g/mol. The summed E-state index contributed by atoms with van der Waals surface area (Å²) in [4.78, 5) is 6.66. The van der Waals surface area contributed by atoms with E-state index in [1.54, 1.807) is 0 Å². The van der Waals surface area contributed by atoms with Crippen LogP contribution < -0.4 is 9.47 Å². The number of nitrogens with zero attached hydrogens (tertiary/aromatic N) is 2. The molecule has 0 aliphatic carbocycles. The SMILES string of the molecule is OCC1CCCN(CCOc2ccc(Oc3nc4ccccc4o3)cc2)C1. The van der Waals surface area contributed by atoms with Gasteiger partial charge in [-0.05, 0) is 61.7 Å². The van der Waals surface area contributed by atoms with Crippen molar-refractivity contribution in [3.63, 3.8) is 0 Å². The fraction of sp³-hybridized carbons (Fsp3) is 0.381. The van der Waals surface area contributed by atoms with Gasteiger partial charge in [-0.2, -0.15) is 4.98 Å². The first-order chi connectivity index (χ1) is 13.3. The van der Waals surface area contributed by atoms with Crippen LogP contribution in [-0.2, 0) is 0 Å². The lowest BCUT2D eigenvalue weighted by Crippen LogP contribution is -2.39. The normalized spacial score (nSPS) is 17.9. The molecule has 1 fully saturated rings. The number of benzene rings is 2. The Morgan fingerprint density at radius 2 is 1.93 bits per heavy atom. The van der Waals surface area contributed by atoms with Crippen LogP contribution in [0.1, 0.15) is 12.8 Å². The maximum Gasteiger partial charge on any atom is 0.400 e. The van der Waals surface area contributed by atoms with Crippen molar-refractivity contribution in [2.24, 2.45) is 5.92 Å². The molecule has 0 amide bonds. The minimum atomic E-state index is 0.230. The predicted octanol–water partition coefficient (Wildman–Crippen LogP) is 3.70. The van der Waals surface area contributed by atoms with E-state index in [0.717, 1.165) is 43.7 Å². The van der Waals surface area contributed by atoms with Gasteiger partial charge in [-0.15, -0.1) is 0 Å². The third-order valence-corrected chi connectivity index (χ3v) is 4.84. The number of aliphatic hydroxyl groups excluding tert-OH is 1. The van der Waals surface area contributed by atoms with Crippen molar-refractivity contribution in [1.29, 1.82) is 0 Å². The van der Waals surface area contributed by atoms with Crippen molar-refractivity contribution in [3.05, 3.63) is 48.5 Å². The van der Waals surface area contributed by atoms with Gasteiger partial charge in [0.1, 0.15) is 23.6 Å². The third kappa shape index (κ3) is 4.59. The Morgan fingerprint density at radius 3 is 2.74 bits per heavy atom. The van der Waals surface area contributed by atoms with Gasteiger partial charge in [-0.1, -0.05) is 12.1 Å². The number of hydrogen-bond donors (Lipinski definition) is 1. The number of aliphatic hydroxyl groups is 1. The standard InChI is InChI=1S/C21H24N2O4/c24-15-16-4-3-11-23(14-16)12-13-25-17-7-9-18(10-8-17)26-21-22-19-5-1-2-6-20(19)27-21/h1-2,5-10,16,24H,3-4,11-15H2. The second kappa shape index (κ2) is 8.41. The zero-order valence-corrected chi connectivity index (χ0v) is 15.2. The summed E-state index contributed by atoms with van der Waals surface area (Å²) in [7, 11) is 0. The number of para-hydroxylation sites is 2. The number of rotatable bonds is 7. The average molecular weight is 368 g/mol. The number of aromatic nitrogens is 1. The minimum Gasteiger partial charge on any atom is -0.492 e. The Balaban J connectivity index is 1.27. The maximum absolute atomic E-state index is 9.30. The molecule has 142 valence electrons. The predicted molar refractivity (Wildman–Crippen MR) is 102 cm³/mol. The molecule has 0 radical (unpaired) electrons. The zero-order chi connectivity index (χ0) is 18.5. The molecule has 1 aromatic heterocycles. The molecule has 1 saturated heterocycles. The number of piperidine rings is 1. The van der Waals surface area contributed by atoms with Gasteiger partial charge in [0.2, 0.25) is 0 Å². The summed E-state index contributed by atoms with van der Waals surface area (Å²) in [6.45, 7) is 3.81. The third-order valence-electron chi connectivity index (χ3n) is 4.84. The van der Waals surface area contributed by atoms with Crippen LogP contribution in [0, 0.1) is 5.92 Å². The topological polar surface area (TPSA) is 68.0 Å². The first-order valence-corrected chi connectivity index (χ1v) is 9.39. The van der Waals surface area contributed by atoms with Gasteiger partial charge in [0.25, 0.3) is 0 Å². The summed E-state index contributed by atoms with van der Waals surface area (Å²) in [5, 5.41) is 9.30. The Morgan fingerprint density at radius 1 is 1.11 bits per heavy atom. The first kappa shape index (κ1) is 17.8. The number of fused-ring (bicyclic) bond motifs is 1. The van der Waals surface area contributed by atoms with E-state index in [-0.39, 0.29) is 12.7 Å². The molecule has 27 heavy (non-hydrogen) atoms. The van der Waals surface area contributed by atoms with Crippen LogP contribution in [0.4, 0.5) is 0 Å². The lowest BCUT2D eigenvalue weighted by Gasteiger charge is -2.31. The quantitative estimate of drug-likeness (QED) is 0.686. The van der Waals surface area contributed by atoms with Gasteiger partial charge in [-0.3, -0.25) is 4.90 Å². The molecule has 1 aliphatic rings. The first-order valence-electron chi connectivity index (χ1n) is 9.39. The van der Waals surface area contributed by atoms with E-state index in [0.29, 0.717) is 23.9 Å². The highest BCUT2D eigenvalue weighted by atomic mass is 16.6. The number of ether oxygens (including phenoxy) is 2. The number of oxazole rings is 1. The van der Waals surface area contributed by atoms with Gasteiger partial charge in [-0.25, -0.2) is 0 Å². The fourth-order valence-electron chi connectivity index (χ4n) is 3.40. The molecule has 1 unspecified atom stereocenters. The summed E-state index contributed by atoms with van der Waals surface area (Å²) < 4.78 is 17.1. The minimum absolute atomic E-state index is 0.230. The van der Waals surface area contributed by atoms with E-state index in [2.05, 4.69) is 9.88 Å². The van der Waals surface area contributed by atoms with Gasteiger partial charge < -0.3 is 19.0 Å². The van der Waals surface area contributed by atoms with E-state index in [1.165, 1.54) is 0 Å². The van der Waals surface area contributed by atoms with Crippen molar-refractivity contribution < 1.29 is 19.0 Å². The highest BCUT2D eigenvalue weighted by molar-refractivity contribution is 5.72. The lowest BCUT2D eigenvalue weighted by molar-refractivity contribution is 0.107. The molecule has 0 bridgehead atoms. The highest BCUT2D eigenvalue weighted by Gasteiger charge is 2.18. The van der Waals surface area contributed by atoms with Crippen LogP contribution in [0.15, 0.2) is 52.9 Å². The molecule has 4 rings (SSSR count). The number of likely N-dealkylation sites (tertiary alicyclic amines) is 1. The van der Waals surface area contributed by atoms with Crippen molar-refractivity contribution in [2.75, 3.05) is 32.8 Å². The molecule has 3 aromatic rings. The fourth-order valence-corrected chi connectivity index (χ4v) is 3.40. The molecule has 1 atom stereocenters. The van der Waals surface area contributed by atoms with Crippen molar-refractivity contribution in [3.8, 4) is 17.6 Å². The summed E-state index contributed by atoms with van der Waals surface area (Å²) in [5.41, 5.74) is 1.47. The summed E-state index contributed by atoms with van der Waals surface area (Å²) in [6.07, 6.45) is 2.50. The van der Waals surface area contributed by atoms with Gasteiger partial charge in [0.15, 0.2) is 5.58 Å². The van der Waals surface area contributed by atoms with Crippen molar-refractivity contribution in [1.82, 2.24) is 9.88 Å². The van der Waals surface area contributed by atoms with E-state index in [9.17, 15) is 5.11 Å². The summed E-state index contributed by atoms with van der Waals surface area (Å²) in [6, 6.07) is 15.0. The molecule has 2 aromatic carbocycles. The molecule has 0 saturated carbocycles. The molecule has 1 aliphatic heterocycles. The lowest BCUT2D eigenvalue weighted by atomic mass is 9.99. The van der Waals surface area contributed by atoms with Crippen LogP contribution >= 0.6 is 0 Å². The van der Waals surface area contributed by atoms with Gasteiger partial charge in [0.05, 0.1) is 0 Å². The van der Waals surface area contributed by atoms with E-state index in [4.69, 9.17) is 13.9 Å². The Bertz CT molecular complexity index is 829. The molecule has 0 spiro atoms. The second-order valence-electron chi connectivity index (χ2n) is 6.86. The molecular formula is C21H24N2O4. The van der Waals surface area contributed by atoms with E-state index < -0.39 is 0 Å². The van der Waals surface area contributed by atoms with Gasteiger partial charge >= 0.3 is 6.08 Å². The highest BCUT2D eigenvalue weighted by Crippen LogP contribution is 2.26. The Kier molecular flexibility index (Phi) is 5.55. The van der Waals surface area contributed by atoms with E-state index >= 15 is 0 Å². The van der Waals surface area contributed by atoms with Crippen LogP contribution in [0.25, 0.3) is 11.1 Å². The zero-order valence-electron chi connectivity index (χ0n) is 15.2. The van der Waals surface area contributed by atoms with Crippen LogP contribution in [0.5, 0.6) is 17.6 Å². The van der Waals surface area contributed by atoms with E-state index in [1.807, 2.05) is 48.5 Å². The number of hydrogen-bond acceptors (Lipinski definition) is 6. The Labute approximate surface area is 158 Å². The van der Waals surface area contributed by atoms with Gasteiger partial charge in [0, 0.05) is 19.7 Å². The second-order valence-corrected chi connectivity index (χ2v) is 6.86. The molecule has 1 N–H and O–H groups in total. The maximum atomic E-state index is 9.30. The average Bonchev–Trinajstić information content (AvgIpc) is 3.12. The van der Waals surface area contributed by atoms with Crippen molar-refractivity contribution >= 4 is 11.1 Å². The summed E-state index contributed by atoms with van der Waals surface area (Å²) >= 11 is 0. The smallest absolute Gasteiger partial charge is 0.400 e.